The van der Waals surface area contributed by atoms with Crippen molar-refractivity contribution < 1.29 is 0 Å². The summed E-state index contributed by atoms with van der Waals surface area (Å²) in [6, 6.07) is 8.48. The van der Waals surface area contributed by atoms with Crippen molar-refractivity contribution in [3.63, 3.8) is 0 Å². The van der Waals surface area contributed by atoms with Crippen molar-refractivity contribution in [2.45, 2.75) is 27.3 Å². The fourth-order valence-corrected chi connectivity index (χ4v) is 2.48. The van der Waals surface area contributed by atoms with Crippen LogP contribution in [0.1, 0.15) is 20.8 Å². The summed E-state index contributed by atoms with van der Waals surface area (Å²) in [6.45, 7) is 11.6. The summed E-state index contributed by atoms with van der Waals surface area (Å²) < 4.78 is 2.34. The Balaban J connectivity index is 3.03. The maximum atomic E-state index is 4.25. The zero-order valence-electron chi connectivity index (χ0n) is 10.8. The van der Waals surface area contributed by atoms with Crippen molar-refractivity contribution in [3.05, 3.63) is 47.0 Å². The Morgan fingerprint density at radius 3 is 2.71 bits per heavy atom. The van der Waals surface area contributed by atoms with Crippen molar-refractivity contribution in [2.24, 2.45) is 0 Å². The molecule has 0 amide bonds. The molecule has 0 aliphatic heterocycles. The van der Waals surface area contributed by atoms with E-state index in [1.807, 2.05) is 6.92 Å². The highest BCUT2D eigenvalue weighted by molar-refractivity contribution is 5.82. The van der Waals surface area contributed by atoms with E-state index in [1.54, 1.807) is 0 Å². The van der Waals surface area contributed by atoms with E-state index in [2.05, 4.69) is 61.4 Å². The lowest BCUT2D eigenvalue weighted by Crippen LogP contribution is -2.29. The smallest absolute Gasteiger partial charge is 0.0514 e. The number of benzene rings is 1. The minimum atomic E-state index is 0.972. The largest absolute Gasteiger partial charge is 0.341 e. The van der Waals surface area contributed by atoms with Crippen LogP contribution in [0.3, 0.4) is 0 Å². The molecular weight excluding hydrogens is 206 g/mol. The third kappa shape index (κ3) is 1.82. The first kappa shape index (κ1) is 11.7. The van der Waals surface area contributed by atoms with E-state index in [9.17, 15) is 0 Å². The van der Waals surface area contributed by atoms with Gasteiger partial charge in [-0.2, -0.15) is 0 Å². The van der Waals surface area contributed by atoms with Gasteiger partial charge in [0, 0.05) is 22.7 Å². The van der Waals surface area contributed by atoms with E-state index in [1.165, 1.54) is 21.8 Å². The summed E-state index contributed by atoms with van der Waals surface area (Å²) in [5.74, 6) is 0. The highest BCUT2D eigenvalue weighted by atomic mass is 15.0. The molecule has 88 valence electrons. The lowest BCUT2D eigenvalue weighted by atomic mass is 10.2. The molecule has 0 saturated carbocycles. The van der Waals surface area contributed by atoms with Gasteiger partial charge in [0.05, 0.1) is 5.35 Å². The van der Waals surface area contributed by atoms with Crippen molar-refractivity contribution in [1.82, 2.24) is 4.57 Å². The number of fused-ring (bicyclic) bond motifs is 1. The first-order valence-corrected chi connectivity index (χ1v) is 6.10. The SMILES string of the molecule is C=c1/c(=C(C)\C=C/C)n(CC)c2ccccc12. The topological polar surface area (TPSA) is 4.93 Å². The van der Waals surface area contributed by atoms with Crippen LogP contribution in [0.4, 0.5) is 0 Å². The van der Waals surface area contributed by atoms with E-state index in [4.69, 9.17) is 0 Å². The van der Waals surface area contributed by atoms with Crippen molar-refractivity contribution in [3.8, 4) is 0 Å². The third-order valence-corrected chi connectivity index (χ3v) is 3.18. The van der Waals surface area contributed by atoms with Crippen LogP contribution in [-0.2, 0) is 6.54 Å². The second-order valence-electron chi connectivity index (χ2n) is 4.27. The van der Waals surface area contributed by atoms with Crippen LogP contribution >= 0.6 is 0 Å². The maximum absolute atomic E-state index is 4.25. The normalized spacial score (nSPS) is 13.6. The molecule has 2 aromatic rings. The number of aryl methyl sites for hydroxylation is 1. The summed E-state index contributed by atoms with van der Waals surface area (Å²) in [4.78, 5) is 0. The average molecular weight is 225 g/mol. The minimum Gasteiger partial charge on any atom is -0.341 e. The van der Waals surface area contributed by atoms with E-state index >= 15 is 0 Å². The molecule has 0 saturated heterocycles. The highest BCUT2D eigenvalue weighted by Crippen LogP contribution is 2.08. The number of rotatable bonds is 2. The van der Waals surface area contributed by atoms with Gasteiger partial charge >= 0.3 is 0 Å². The number of hydrogen-bond acceptors (Lipinski definition) is 0. The van der Waals surface area contributed by atoms with Crippen LogP contribution in [-0.4, -0.2) is 4.57 Å². The predicted molar refractivity (Wildman–Crippen MR) is 76.3 cm³/mol. The molecular formula is C16H19N. The quantitative estimate of drug-likeness (QED) is 0.740. The molecule has 1 heteroatoms. The van der Waals surface area contributed by atoms with Crippen molar-refractivity contribution >= 4 is 23.1 Å². The van der Waals surface area contributed by atoms with E-state index in [-0.39, 0.29) is 0 Å². The summed E-state index contributed by atoms with van der Waals surface area (Å²) in [5.41, 5.74) is 2.55. The molecule has 1 aromatic carbocycles. The molecule has 1 heterocycles. The molecule has 0 N–H and O–H groups in total. The van der Waals surface area contributed by atoms with Gasteiger partial charge in [0.15, 0.2) is 0 Å². The highest BCUT2D eigenvalue weighted by Gasteiger charge is 2.05. The van der Waals surface area contributed by atoms with Crippen LogP contribution < -0.4 is 10.6 Å². The summed E-state index contributed by atoms with van der Waals surface area (Å²) in [5, 5.41) is 3.65. The van der Waals surface area contributed by atoms with Crippen molar-refractivity contribution in [1.29, 1.82) is 0 Å². The molecule has 0 radical (unpaired) electrons. The number of aromatic nitrogens is 1. The van der Waals surface area contributed by atoms with Crippen LogP contribution in [0.25, 0.3) is 23.1 Å². The molecule has 1 nitrogen and oxygen atoms in total. The van der Waals surface area contributed by atoms with Crippen LogP contribution in [0.5, 0.6) is 0 Å². The molecule has 0 fully saturated rings. The summed E-state index contributed by atoms with van der Waals surface area (Å²) >= 11 is 0. The van der Waals surface area contributed by atoms with Gasteiger partial charge < -0.3 is 4.57 Å². The Morgan fingerprint density at radius 2 is 2.06 bits per heavy atom. The lowest BCUT2D eigenvalue weighted by Gasteiger charge is -2.02. The van der Waals surface area contributed by atoms with Crippen LogP contribution in [0.15, 0.2) is 36.4 Å². The Labute approximate surface area is 102 Å². The molecule has 0 aliphatic carbocycles. The van der Waals surface area contributed by atoms with Gasteiger partial charge in [0.2, 0.25) is 0 Å². The van der Waals surface area contributed by atoms with Crippen molar-refractivity contribution in [2.75, 3.05) is 0 Å². The number of allylic oxidation sites excluding steroid dienone is 2. The first-order valence-electron chi connectivity index (χ1n) is 6.10. The third-order valence-electron chi connectivity index (χ3n) is 3.18. The van der Waals surface area contributed by atoms with E-state index in [0.29, 0.717) is 0 Å². The summed E-state index contributed by atoms with van der Waals surface area (Å²) in [6.07, 6.45) is 4.22. The summed E-state index contributed by atoms with van der Waals surface area (Å²) in [7, 11) is 0. The molecule has 17 heavy (non-hydrogen) atoms. The van der Waals surface area contributed by atoms with Gasteiger partial charge in [0.25, 0.3) is 0 Å². The lowest BCUT2D eigenvalue weighted by molar-refractivity contribution is 0.768. The monoisotopic (exact) mass is 225 g/mol. The molecule has 1 aromatic heterocycles. The van der Waals surface area contributed by atoms with E-state index < -0.39 is 0 Å². The van der Waals surface area contributed by atoms with Gasteiger partial charge in [-0.05, 0) is 32.4 Å². The van der Waals surface area contributed by atoms with Gasteiger partial charge in [-0.15, -0.1) is 0 Å². The minimum absolute atomic E-state index is 0.972. The Kier molecular flexibility index (Phi) is 3.19. The second kappa shape index (κ2) is 4.62. The van der Waals surface area contributed by atoms with Gasteiger partial charge in [-0.25, -0.2) is 0 Å². The predicted octanol–water partition coefficient (Wildman–Crippen LogP) is 2.82. The standard InChI is InChI=1S/C16H19N/c1-5-9-12(3)16-13(4)14-10-7-8-11-15(14)17(16)6-2/h5,7-11H,4,6H2,1-3H3/b9-5-,16-12+. The molecule has 0 spiro atoms. The molecule has 0 bridgehead atoms. The van der Waals surface area contributed by atoms with Gasteiger partial charge in [-0.1, -0.05) is 36.9 Å². The Bertz CT molecular complexity index is 671. The Hall–Kier alpha value is -1.76. The number of hydrogen-bond donors (Lipinski definition) is 0. The van der Waals surface area contributed by atoms with Gasteiger partial charge in [0.1, 0.15) is 0 Å². The Morgan fingerprint density at radius 1 is 1.35 bits per heavy atom. The molecule has 0 aliphatic rings. The molecule has 2 rings (SSSR count). The second-order valence-corrected chi connectivity index (χ2v) is 4.27. The van der Waals surface area contributed by atoms with E-state index in [0.717, 1.165) is 11.8 Å². The van der Waals surface area contributed by atoms with Gasteiger partial charge in [-0.3, -0.25) is 0 Å². The maximum Gasteiger partial charge on any atom is 0.0514 e. The van der Waals surface area contributed by atoms with Crippen LogP contribution in [0, 0.1) is 0 Å². The first-order chi connectivity index (χ1) is 8.20. The zero-order valence-corrected chi connectivity index (χ0v) is 10.8. The molecule has 0 unspecified atom stereocenters. The zero-order chi connectivity index (χ0) is 12.4. The average Bonchev–Trinajstić information content (AvgIpc) is 2.63. The van der Waals surface area contributed by atoms with Crippen LogP contribution in [0.2, 0.25) is 0 Å². The molecule has 0 atom stereocenters. The number of nitrogens with zero attached hydrogens (tertiary/aromatic N) is 1. The fraction of sp³-hybridized carbons (Fsp3) is 0.250. The number of para-hydroxylation sites is 1. The fourth-order valence-electron chi connectivity index (χ4n) is 2.48.